The van der Waals surface area contributed by atoms with Crippen molar-refractivity contribution in [3.8, 4) is 0 Å². The Morgan fingerprint density at radius 3 is 2.25 bits per heavy atom. The van der Waals surface area contributed by atoms with Crippen LogP contribution in [0.25, 0.3) is 0 Å². The molecule has 0 aliphatic carbocycles. The second-order valence-corrected chi connectivity index (χ2v) is 6.16. The number of halogens is 1. The molecule has 1 aromatic rings. The fraction of sp³-hybridized carbons (Fsp3) is 0.556. The number of nitrogens with one attached hydrogen (secondary N) is 3. The highest BCUT2D eigenvalue weighted by Crippen LogP contribution is 2.04. The van der Waals surface area contributed by atoms with E-state index in [1.54, 1.807) is 0 Å². The maximum absolute atomic E-state index is 12.3. The van der Waals surface area contributed by atoms with Gasteiger partial charge in [-0.2, -0.15) is 0 Å². The average molecular weight is 356 g/mol. The maximum atomic E-state index is 12.3. The summed E-state index contributed by atoms with van der Waals surface area (Å²) in [7, 11) is 0. The van der Waals surface area contributed by atoms with Crippen LogP contribution in [0.3, 0.4) is 0 Å². The Bertz CT molecular complexity index is 494. The molecule has 2 amide bonds. The predicted molar refractivity (Wildman–Crippen MR) is 100 cm³/mol. The number of amides is 2. The number of hydrogen-bond donors (Lipinski definition) is 3. The van der Waals surface area contributed by atoms with Crippen molar-refractivity contribution in [2.45, 2.75) is 46.2 Å². The zero-order chi connectivity index (χ0) is 17.2. The van der Waals surface area contributed by atoms with Gasteiger partial charge >= 0.3 is 0 Å². The lowest BCUT2D eigenvalue weighted by Gasteiger charge is -2.23. The van der Waals surface area contributed by atoms with E-state index in [2.05, 4.69) is 16.0 Å². The molecule has 2 atom stereocenters. The molecular formula is C18H30ClN3O2. The topological polar surface area (TPSA) is 70.2 Å². The summed E-state index contributed by atoms with van der Waals surface area (Å²) in [5, 5.41) is 8.99. The Morgan fingerprint density at radius 1 is 1.08 bits per heavy atom. The largest absolute Gasteiger partial charge is 0.353 e. The molecule has 0 saturated heterocycles. The van der Waals surface area contributed by atoms with Crippen molar-refractivity contribution >= 4 is 24.2 Å². The normalized spacial score (nSPS) is 12.9. The van der Waals surface area contributed by atoms with E-state index < -0.39 is 6.04 Å². The quantitative estimate of drug-likeness (QED) is 0.633. The van der Waals surface area contributed by atoms with Gasteiger partial charge in [0.05, 0.1) is 6.42 Å². The number of hydrogen-bond acceptors (Lipinski definition) is 3. The van der Waals surface area contributed by atoms with Gasteiger partial charge in [0.15, 0.2) is 0 Å². The lowest BCUT2D eigenvalue weighted by atomic mass is 10.0. The van der Waals surface area contributed by atoms with Gasteiger partial charge in [0.2, 0.25) is 11.8 Å². The first-order valence-electron chi connectivity index (χ1n) is 8.28. The van der Waals surface area contributed by atoms with Crippen molar-refractivity contribution in [1.29, 1.82) is 0 Å². The molecule has 0 heterocycles. The van der Waals surface area contributed by atoms with Gasteiger partial charge in [0, 0.05) is 12.6 Å². The molecule has 0 aromatic heterocycles. The summed E-state index contributed by atoms with van der Waals surface area (Å²) in [5.41, 5.74) is 0.939. The third-order valence-electron chi connectivity index (χ3n) is 3.61. The van der Waals surface area contributed by atoms with E-state index in [1.807, 2.05) is 58.0 Å². The monoisotopic (exact) mass is 355 g/mol. The first-order valence-corrected chi connectivity index (χ1v) is 8.28. The van der Waals surface area contributed by atoms with Gasteiger partial charge in [-0.3, -0.25) is 9.59 Å². The van der Waals surface area contributed by atoms with E-state index in [9.17, 15) is 9.59 Å². The van der Waals surface area contributed by atoms with Crippen LogP contribution in [0.15, 0.2) is 30.3 Å². The van der Waals surface area contributed by atoms with Crippen LogP contribution in [-0.4, -0.2) is 37.0 Å². The van der Waals surface area contributed by atoms with Crippen molar-refractivity contribution in [2.24, 2.45) is 5.92 Å². The maximum Gasteiger partial charge on any atom is 0.242 e. The molecule has 0 saturated carbocycles. The summed E-state index contributed by atoms with van der Waals surface area (Å²) >= 11 is 0. The fourth-order valence-corrected chi connectivity index (χ4v) is 2.32. The molecular weight excluding hydrogens is 326 g/mol. The summed E-state index contributed by atoms with van der Waals surface area (Å²) < 4.78 is 0. The summed E-state index contributed by atoms with van der Waals surface area (Å²) in [4.78, 5) is 24.5. The summed E-state index contributed by atoms with van der Waals surface area (Å²) in [6.07, 6.45) is 0.283. The number of carbonyl (C=O) groups excluding carboxylic acids is 2. The average Bonchev–Trinajstić information content (AvgIpc) is 2.51. The van der Waals surface area contributed by atoms with E-state index in [4.69, 9.17) is 0 Å². The predicted octanol–water partition coefficient (Wildman–Crippen LogP) is 1.91. The number of rotatable bonds is 9. The second kappa shape index (κ2) is 11.9. The van der Waals surface area contributed by atoms with Gasteiger partial charge in [0.25, 0.3) is 0 Å². The SMILES string of the molecule is CCN[C@H](C)CNC(=O)C(NC(=O)Cc1ccccc1)C(C)C.Cl. The van der Waals surface area contributed by atoms with E-state index in [0.29, 0.717) is 6.54 Å². The summed E-state index contributed by atoms with van der Waals surface area (Å²) in [5.74, 6) is -0.236. The van der Waals surface area contributed by atoms with E-state index in [-0.39, 0.29) is 42.6 Å². The van der Waals surface area contributed by atoms with E-state index >= 15 is 0 Å². The van der Waals surface area contributed by atoms with Crippen LogP contribution in [0.5, 0.6) is 0 Å². The minimum atomic E-state index is -0.514. The third-order valence-corrected chi connectivity index (χ3v) is 3.61. The van der Waals surface area contributed by atoms with Crippen LogP contribution >= 0.6 is 12.4 Å². The van der Waals surface area contributed by atoms with Crippen molar-refractivity contribution in [1.82, 2.24) is 16.0 Å². The van der Waals surface area contributed by atoms with Crippen LogP contribution in [0, 0.1) is 5.92 Å². The summed E-state index contributed by atoms with van der Waals surface area (Å²) in [6, 6.07) is 9.22. The lowest BCUT2D eigenvalue weighted by Crippen LogP contribution is -2.52. The Kier molecular flexibility index (Phi) is 11.1. The fourth-order valence-electron chi connectivity index (χ4n) is 2.32. The molecule has 1 rings (SSSR count). The first-order chi connectivity index (χ1) is 10.9. The Hall–Kier alpha value is -1.59. The van der Waals surface area contributed by atoms with Crippen LogP contribution in [0.4, 0.5) is 0 Å². The highest BCUT2D eigenvalue weighted by Gasteiger charge is 2.24. The Morgan fingerprint density at radius 2 is 1.71 bits per heavy atom. The van der Waals surface area contributed by atoms with Crippen LogP contribution in [-0.2, 0) is 16.0 Å². The first kappa shape index (κ1) is 22.4. The van der Waals surface area contributed by atoms with E-state index in [1.165, 1.54) is 0 Å². The summed E-state index contributed by atoms with van der Waals surface area (Å²) in [6.45, 7) is 9.31. The van der Waals surface area contributed by atoms with Gasteiger partial charge < -0.3 is 16.0 Å². The lowest BCUT2D eigenvalue weighted by molar-refractivity contribution is -0.129. The molecule has 6 heteroatoms. The molecule has 24 heavy (non-hydrogen) atoms. The van der Waals surface area contributed by atoms with Crippen molar-refractivity contribution < 1.29 is 9.59 Å². The second-order valence-electron chi connectivity index (χ2n) is 6.16. The molecule has 5 nitrogen and oxygen atoms in total. The number of benzene rings is 1. The van der Waals surface area contributed by atoms with Crippen LogP contribution < -0.4 is 16.0 Å². The third kappa shape index (κ3) is 8.31. The molecule has 1 unspecified atom stereocenters. The van der Waals surface area contributed by atoms with Gasteiger partial charge in [-0.05, 0) is 24.9 Å². The minimum Gasteiger partial charge on any atom is -0.353 e. The molecule has 0 aliphatic rings. The molecule has 0 aliphatic heterocycles. The smallest absolute Gasteiger partial charge is 0.242 e. The van der Waals surface area contributed by atoms with Gasteiger partial charge in [-0.15, -0.1) is 12.4 Å². The Balaban J connectivity index is 0.00000529. The highest BCUT2D eigenvalue weighted by atomic mass is 35.5. The van der Waals surface area contributed by atoms with Crippen LogP contribution in [0.2, 0.25) is 0 Å². The molecule has 0 fully saturated rings. The van der Waals surface area contributed by atoms with Gasteiger partial charge in [-0.1, -0.05) is 51.1 Å². The zero-order valence-electron chi connectivity index (χ0n) is 15.0. The molecule has 136 valence electrons. The van der Waals surface area contributed by atoms with Gasteiger partial charge in [0.1, 0.15) is 6.04 Å². The van der Waals surface area contributed by atoms with Crippen LogP contribution in [0.1, 0.15) is 33.3 Å². The minimum absolute atomic E-state index is 0. The standard InChI is InChI=1S/C18H29N3O2.ClH/c1-5-19-14(4)12-20-18(23)17(13(2)3)21-16(22)11-15-9-7-6-8-10-15;/h6-10,13-14,17,19H,5,11-12H2,1-4H3,(H,20,23)(H,21,22);1H/t14-,17?;/m1./s1. The molecule has 1 aromatic carbocycles. The molecule has 0 radical (unpaired) electrons. The van der Waals surface area contributed by atoms with Gasteiger partial charge in [-0.25, -0.2) is 0 Å². The zero-order valence-corrected chi connectivity index (χ0v) is 15.8. The van der Waals surface area contributed by atoms with E-state index in [0.717, 1.165) is 12.1 Å². The van der Waals surface area contributed by atoms with Crippen molar-refractivity contribution in [2.75, 3.05) is 13.1 Å². The number of carbonyl (C=O) groups is 2. The molecule has 3 N–H and O–H groups in total. The molecule has 0 spiro atoms. The molecule has 0 bridgehead atoms. The number of likely N-dealkylation sites (N-methyl/N-ethyl adjacent to an activating group) is 1. The Labute approximate surface area is 151 Å². The highest BCUT2D eigenvalue weighted by molar-refractivity contribution is 5.88. The van der Waals surface area contributed by atoms with Crippen molar-refractivity contribution in [3.63, 3.8) is 0 Å². The van der Waals surface area contributed by atoms with Crippen molar-refractivity contribution in [3.05, 3.63) is 35.9 Å².